The van der Waals surface area contributed by atoms with E-state index in [-0.39, 0.29) is 0 Å². The molecule has 0 amide bonds. The number of esters is 3. The molecule has 0 aliphatic carbocycles. The van der Waals surface area contributed by atoms with Gasteiger partial charge >= 0.3 is 17.9 Å². The lowest BCUT2D eigenvalue weighted by atomic mass is 10.2. The Morgan fingerprint density at radius 1 is 1.24 bits per heavy atom. The summed E-state index contributed by atoms with van der Waals surface area (Å²) in [5.74, 6) is -6.09. The third kappa shape index (κ3) is 5.38. The van der Waals surface area contributed by atoms with Crippen LogP contribution in [-0.4, -0.2) is 52.2 Å². The Bertz CT molecular complexity index is 338. The van der Waals surface area contributed by atoms with Crippen molar-refractivity contribution in [3.63, 3.8) is 0 Å². The smallest absolute Gasteiger partial charge is 0.385 e. The number of hydrogen-bond acceptors (Lipinski definition) is 8. The maximum Gasteiger partial charge on any atom is 0.385 e. The van der Waals surface area contributed by atoms with Crippen LogP contribution in [0, 0.1) is 0 Å². The number of alkyl halides is 1. The molecule has 0 saturated carbocycles. The van der Waals surface area contributed by atoms with E-state index in [1.54, 1.807) is 0 Å². The van der Waals surface area contributed by atoms with E-state index >= 15 is 0 Å². The van der Waals surface area contributed by atoms with Crippen molar-refractivity contribution in [2.24, 2.45) is 0 Å². The molecule has 0 aromatic heterocycles. The normalized spacial score (nSPS) is 13.4. The van der Waals surface area contributed by atoms with Crippen LogP contribution in [0.25, 0.3) is 0 Å². The van der Waals surface area contributed by atoms with Crippen LogP contribution in [-0.2, 0) is 28.7 Å². The molecule has 9 heteroatoms. The summed E-state index contributed by atoms with van der Waals surface area (Å²) in [6, 6.07) is 0. The number of ether oxygens (including phenoxy) is 2. The summed E-state index contributed by atoms with van der Waals surface area (Å²) in [4.78, 5) is 42.8. The molecule has 0 spiro atoms. The molecule has 17 heavy (non-hydrogen) atoms. The minimum absolute atomic E-state index is 0.615. The molecule has 0 aromatic carbocycles. The summed E-state index contributed by atoms with van der Waals surface area (Å²) in [6.45, 7) is 0.863. The standard InChI is InChI=1S/C8H9ClO8/c1-3(10)16-7(14)5(12)6(13)8(15)17-4(11)2-9/h6,8,13,15H,2H2,1H3. The molecule has 0 radical (unpaired) electrons. The Labute approximate surface area is 100 Å². The Kier molecular flexibility index (Phi) is 6.33. The number of hydrogen-bond donors (Lipinski definition) is 2. The summed E-state index contributed by atoms with van der Waals surface area (Å²) in [6.07, 6.45) is -4.62. The number of halogens is 1. The average molecular weight is 269 g/mol. The molecule has 0 bridgehead atoms. The first-order valence-electron chi connectivity index (χ1n) is 4.17. The number of ketones is 1. The monoisotopic (exact) mass is 268 g/mol. The molecule has 0 aromatic rings. The fraction of sp³-hybridized carbons (Fsp3) is 0.500. The SMILES string of the molecule is CC(=O)OC(=O)C(=O)C(O)C(O)OC(=O)CCl. The highest BCUT2D eigenvalue weighted by molar-refractivity contribution is 6.36. The van der Waals surface area contributed by atoms with Crippen molar-refractivity contribution >= 4 is 35.3 Å². The van der Waals surface area contributed by atoms with Crippen molar-refractivity contribution in [1.29, 1.82) is 0 Å². The van der Waals surface area contributed by atoms with E-state index < -0.39 is 42.0 Å². The molecule has 2 N–H and O–H groups in total. The summed E-state index contributed by atoms with van der Waals surface area (Å²) in [5, 5.41) is 18.1. The first kappa shape index (κ1) is 15.5. The van der Waals surface area contributed by atoms with Crippen molar-refractivity contribution in [3.05, 3.63) is 0 Å². The van der Waals surface area contributed by atoms with Crippen LogP contribution in [0.5, 0.6) is 0 Å². The van der Waals surface area contributed by atoms with Gasteiger partial charge < -0.3 is 19.7 Å². The quantitative estimate of drug-likeness (QED) is 0.195. The molecular formula is C8H9ClO8. The highest BCUT2D eigenvalue weighted by Crippen LogP contribution is 2.01. The van der Waals surface area contributed by atoms with E-state index in [0.717, 1.165) is 6.92 Å². The van der Waals surface area contributed by atoms with Gasteiger partial charge in [-0.05, 0) is 0 Å². The minimum Gasteiger partial charge on any atom is -0.432 e. The maximum atomic E-state index is 11.0. The Morgan fingerprint density at radius 3 is 2.18 bits per heavy atom. The Hall–Kier alpha value is -1.51. The van der Waals surface area contributed by atoms with Gasteiger partial charge in [-0.3, -0.25) is 14.4 Å². The highest BCUT2D eigenvalue weighted by atomic mass is 35.5. The van der Waals surface area contributed by atoms with Crippen molar-refractivity contribution in [3.8, 4) is 0 Å². The van der Waals surface area contributed by atoms with E-state index in [0.29, 0.717) is 0 Å². The van der Waals surface area contributed by atoms with Gasteiger partial charge in [-0.2, -0.15) is 0 Å². The zero-order chi connectivity index (χ0) is 13.6. The van der Waals surface area contributed by atoms with Gasteiger partial charge in [0.25, 0.3) is 5.78 Å². The van der Waals surface area contributed by atoms with Crippen molar-refractivity contribution in [2.75, 3.05) is 5.88 Å². The third-order valence-corrected chi connectivity index (χ3v) is 1.56. The zero-order valence-electron chi connectivity index (χ0n) is 8.58. The lowest BCUT2D eigenvalue weighted by molar-refractivity contribution is -0.190. The lowest BCUT2D eigenvalue weighted by Crippen LogP contribution is -2.42. The highest BCUT2D eigenvalue weighted by Gasteiger charge is 2.33. The largest absolute Gasteiger partial charge is 0.432 e. The third-order valence-electron chi connectivity index (χ3n) is 1.34. The van der Waals surface area contributed by atoms with Crippen LogP contribution in [0.15, 0.2) is 0 Å². The van der Waals surface area contributed by atoms with Crippen LogP contribution in [0.3, 0.4) is 0 Å². The van der Waals surface area contributed by atoms with Crippen molar-refractivity contribution in [1.82, 2.24) is 0 Å². The number of rotatable bonds is 5. The Balaban J connectivity index is 4.43. The Morgan fingerprint density at radius 2 is 1.76 bits per heavy atom. The number of carbonyl (C=O) groups is 4. The van der Waals surface area contributed by atoms with E-state index in [1.807, 2.05) is 0 Å². The van der Waals surface area contributed by atoms with Crippen molar-refractivity contribution < 1.29 is 38.9 Å². The van der Waals surface area contributed by atoms with Gasteiger partial charge in [0.15, 0.2) is 6.10 Å². The van der Waals surface area contributed by atoms with E-state index in [1.165, 1.54) is 0 Å². The molecule has 0 aliphatic rings. The fourth-order valence-electron chi connectivity index (χ4n) is 0.662. The van der Waals surface area contributed by atoms with E-state index in [4.69, 9.17) is 21.8 Å². The van der Waals surface area contributed by atoms with Gasteiger partial charge in [-0.25, -0.2) is 4.79 Å². The van der Waals surface area contributed by atoms with Crippen LogP contribution < -0.4 is 0 Å². The molecular weight excluding hydrogens is 260 g/mol. The van der Waals surface area contributed by atoms with Crippen molar-refractivity contribution in [2.45, 2.75) is 19.3 Å². The lowest BCUT2D eigenvalue weighted by Gasteiger charge is -2.15. The predicted molar refractivity (Wildman–Crippen MR) is 50.6 cm³/mol. The molecule has 0 fully saturated rings. The maximum absolute atomic E-state index is 11.0. The minimum atomic E-state index is -2.35. The molecule has 0 rings (SSSR count). The van der Waals surface area contributed by atoms with Crippen LogP contribution in [0.4, 0.5) is 0 Å². The first-order valence-corrected chi connectivity index (χ1v) is 4.71. The van der Waals surface area contributed by atoms with Crippen LogP contribution in [0.2, 0.25) is 0 Å². The second-order valence-corrected chi connectivity index (χ2v) is 2.97. The summed E-state index contributed by atoms with van der Waals surface area (Å²) < 4.78 is 7.91. The molecule has 0 saturated heterocycles. The van der Waals surface area contributed by atoms with Gasteiger partial charge in [0.1, 0.15) is 5.88 Å². The zero-order valence-corrected chi connectivity index (χ0v) is 9.34. The second-order valence-electron chi connectivity index (χ2n) is 2.70. The molecule has 96 valence electrons. The van der Waals surface area contributed by atoms with Gasteiger partial charge in [-0.1, -0.05) is 0 Å². The predicted octanol–water partition coefficient (Wildman–Crippen LogP) is -1.89. The fourth-order valence-corrected chi connectivity index (χ4v) is 0.725. The number of aliphatic hydroxyl groups excluding tert-OH is 2. The molecule has 8 nitrogen and oxygen atoms in total. The first-order chi connectivity index (χ1) is 7.79. The molecule has 0 aliphatic heterocycles. The molecule has 2 atom stereocenters. The number of carbonyl (C=O) groups excluding carboxylic acids is 4. The number of Topliss-reactive ketones (excluding diaryl/α,β-unsaturated/α-hetero) is 1. The average Bonchev–Trinajstić information content (AvgIpc) is 2.25. The van der Waals surface area contributed by atoms with Gasteiger partial charge in [-0.15, -0.1) is 11.6 Å². The van der Waals surface area contributed by atoms with Gasteiger partial charge in [0, 0.05) is 6.92 Å². The van der Waals surface area contributed by atoms with E-state index in [9.17, 15) is 19.2 Å². The molecule has 0 heterocycles. The van der Waals surface area contributed by atoms with Gasteiger partial charge in [0.05, 0.1) is 0 Å². The van der Waals surface area contributed by atoms with Crippen LogP contribution in [0.1, 0.15) is 6.92 Å². The number of aliphatic hydroxyl groups is 2. The summed E-state index contributed by atoms with van der Waals surface area (Å²) in [7, 11) is 0. The molecule has 2 unspecified atom stereocenters. The summed E-state index contributed by atoms with van der Waals surface area (Å²) in [5.41, 5.74) is 0. The van der Waals surface area contributed by atoms with Crippen LogP contribution >= 0.6 is 11.6 Å². The van der Waals surface area contributed by atoms with Gasteiger partial charge in [0.2, 0.25) is 6.29 Å². The topological polar surface area (TPSA) is 127 Å². The summed E-state index contributed by atoms with van der Waals surface area (Å²) >= 11 is 5.02. The second kappa shape index (κ2) is 6.94. The van der Waals surface area contributed by atoms with E-state index in [2.05, 4.69) is 9.47 Å².